The molecule has 1 aliphatic heterocycles. The van der Waals surface area contributed by atoms with Gasteiger partial charge in [0.2, 0.25) is 5.91 Å². The standard InChI is InChI=1S/C16H24N2O2/c1-4-20-13-8-5-7-12(11-13)18-15(19)14-16(2,3)9-6-10-17-14/h5,7-8,11,14,17H,4,6,9-10H2,1-3H3,(H,18,19). The van der Waals surface area contributed by atoms with Crippen LogP contribution < -0.4 is 15.4 Å². The summed E-state index contributed by atoms with van der Waals surface area (Å²) in [5.41, 5.74) is 0.768. The number of piperidine rings is 1. The van der Waals surface area contributed by atoms with Crippen molar-refractivity contribution >= 4 is 11.6 Å². The van der Waals surface area contributed by atoms with Gasteiger partial charge in [0.15, 0.2) is 0 Å². The second kappa shape index (κ2) is 6.27. The molecule has 1 amide bonds. The number of amides is 1. The van der Waals surface area contributed by atoms with Crippen LogP contribution in [0.4, 0.5) is 5.69 Å². The van der Waals surface area contributed by atoms with Crippen molar-refractivity contribution < 1.29 is 9.53 Å². The Morgan fingerprint density at radius 1 is 1.50 bits per heavy atom. The number of hydrogen-bond donors (Lipinski definition) is 2. The lowest BCUT2D eigenvalue weighted by atomic mass is 9.77. The first-order valence-electron chi connectivity index (χ1n) is 7.30. The van der Waals surface area contributed by atoms with Gasteiger partial charge < -0.3 is 15.4 Å². The Morgan fingerprint density at radius 2 is 2.30 bits per heavy atom. The molecule has 1 aromatic carbocycles. The molecule has 4 heteroatoms. The molecule has 0 aromatic heterocycles. The van der Waals surface area contributed by atoms with Gasteiger partial charge >= 0.3 is 0 Å². The molecule has 0 bridgehead atoms. The molecule has 1 aliphatic rings. The van der Waals surface area contributed by atoms with Crippen LogP contribution in [0.3, 0.4) is 0 Å². The fourth-order valence-electron chi connectivity index (χ4n) is 2.70. The SMILES string of the molecule is CCOc1cccc(NC(=O)C2NCCCC2(C)C)c1. The first-order valence-corrected chi connectivity index (χ1v) is 7.30. The second-order valence-electron chi connectivity index (χ2n) is 5.93. The van der Waals surface area contributed by atoms with Crippen LogP contribution in [-0.4, -0.2) is 25.1 Å². The van der Waals surface area contributed by atoms with E-state index in [9.17, 15) is 4.79 Å². The Kier molecular flexibility index (Phi) is 4.65. The molecule has 1 atom stereocenters. The lowest BCUT2D eigenvalue weighted by Gasteiger charge is -2.38. The van der Waals surface area contributed by atoms with Gasteiger partial charge in [-0.05, 0) is 43.9 Å². The van der Waals surface area contributed by atoms with Crippen LogP contribution in [0.15, 0.2) is 24.3 Å². The molecule has 1 unspecified atom stereocenters. The van der Waals surface area contributed by atoms with E-state index in [1.807, 2.05) is 31.2 Å². The number of anilines is 1. The van der Waals surface area contributed by atoms with E-state index >= 15 is 0 Å². The average Bonchev–Trinajstić information content (AvgIpc) is 2.38. The number of ether oxygens (including phenoxy) is 1. The number of rotatable bonds is 4. The van der Waals surface area contributed by atoms with Gasteiger partial charge in [-0.15, -0.1) is 0 Å². The number of carbonyl (C=O) groups is 1. The number of nitrogens with one attached hydrogen (secondary N) is 2. The molecule has 2 N–H and O–H groups in total. The lowest BCUT2D eigenvalue weighted by molar-refractivity contribution is -0.121. The summed E-state index contributed by atoms with van der Waals surface area (Å²) in [5, 5.41) is 6.31. The topological polar surface area (TPSA) is 50.4 Å². The summed E-state index contributed by atoms with van der Waals surface area (Å²) in [7, 11) is 0. The first-order chi connectivity index (χ1) is 9.53. The van der Waals surface area contributed by atoms with Crippen LogP contribution in [0.1, 0.15) is 33.6 Å². The van der Waals surface area contributed by atoms with Crippen LogP contribution in [0.2, 0.25) is 0 Å². The molecule has 1 aromatic rings. The van der Waals surface area contributed by atoms with Gasteiger partial charge in [-0.1, -0.05) is 19.9 Å². The van der Waals surface area contributed by atoms with Gasteiger partial charge in [-0.3, -0.25) is 4.79 Å². The highest BCUT2D eigenvalue weighted by Gasteiger charge is 2.37. The van der Waals surface area contributed by atoms with Crippen LogP contribution in [0, 0.1) is 5.41 Å². The highest BCUT2D eigenvalue weighted by Crippen LogP contribution is 2.31. The van der Waals surface area contributed by atoms with Gasteiger partial charge in [0.1, 0.15) is 5.75 Å². The van der Waals surface area contributed by atoms with Crippen molar-refractivity contribution in [3.05, 3.63) is 24.3 Å². The molecular weight excluding hydrogens is 252 g/mol. The van der Waals surface area contributed by atoms with E-state index in [-0.39, 0.29) is 17.4 Å². The highest BCUT2D eigenvalue weighted by molar-refractivity contribution is 5.95. The third-order valence-electron chi connectivity index (χ3n) is 3.80. The molecule has 4 nitrogen and oxygen atoms in total. The number of hydrogen-bond acceptors (Lipinski definition) is 3. The van der Waals surface area contributed by atoms with Crippen LogP contribution in [-0.2, 0) is 4.79 Å². The molecular formula is C16H24N2O2. The lowest BCUT2D eigenvalue weighted by Crippen LogP contribution is -2.53. The summed E-state index contributed by atoms with van der Waals surface area (Å²) >= 11 is 0. The molecule has 2 rings (SSSR count). The maximum absolute atomic E-state index is 12.4. The predicted molar refractivity (Wildman–Crippen MR) is 81.0 cm³/mol. The first kappa shape index (κ1) is 14.9. The minimum Gasteiger partial charge on any atom is -0.494 e. The summed E-state index contributed by atoms with van der Waals surface area (Å²) in [4.78, 5) is 12.4. The summed E-state index contributed by atoms with van der Waals surface area (Å²) in [6, 6.07) is 7.38. The van der Waals surface area contributed by atoms with Crippen molar-refractivity contribution in [2.24, 2.45) is 5.41 Å². The Morgan fingerprint density at radius 3 is 3.00 bits per heavy atom. The molecule has 1 saturated heterocycles. The zero-order valence-electron chi connectivity index (χ0n) is 12.5. The molecule has 110 valence electrons. The number of carbonyl (C=O) groups excluding carboxylic acids is 1. The van der Waals surface area contributed by atoms with Gasteiger partial charge in [-0.25, -0.2) is 0 Å². The summed E-state index contributed by atoms with van der Waals surface area (Å²) < 4.78 is 5.45. The van der Waals surface area contributed by atoms with E-state index < -0.39 is 0 Å². The van der Waals surface area contributed by atoms with Crippen molar-refractivity contribution in [1.29, 1.82) is 0 Å². The fourth-order valence-corrected chi connectivity index (χ4v) is 2.70. The highest BCUT2D eigenvalue weighted by atomic mass is 16.5. The average molecular weight is 276 g/mol. The number of benzene rings is 1. The molecule has 1 heterocycles. The van der Waals surface area contributed by atoms with E-state index in [1.54, 1.807) is 0 Å². The Balaban J connectivity index is 2.05. The van der Waals surface area contributed by atoms with Crippen LogP contribution in [0.5, 0.6) is 5.75 Å². The van der Waals surface area contributed by atoms with E-state index in [2.05, 4.69) is 24.5 Å². The van der Waals surface area contributed by atoms with Gasteiger partial charge in [-0.2, -0.15) is 0 Å². The van der Waals surface area contributed by atoms with Crippen LogP contribution >= 0.6 is 0 Å². The van der Waals surface area contributed by atoms with Crippen molar-refractivity contribution in [3.8, 4) is 5.75 Å². The third kappa shape index (κ3) is 3.51. The monoisotopic (exact) mass is 276 g/mol. The second-order valence-corrected chi connectivity index (χ2v) is 5.93. The van der Waals surface area contributed by atoms with E-state index in [0.717, 1.165) is 30.8 Å². The quantitative estimate of drug-likeness (QED) is 0.889. The Bertz CT molecular complexity index is 471. The molecule has 0 saturated carbocycles. The maximum atomic E-state index is 12.4. The van der Waals surface area contributed by atoms with E-state index in [0.29, 0.717) is 6.61 Å². The van der Waals surface area contributed by atoms with Crippen molar-refractivity contribution in [2.75, 3.05) is 18.5 Å². The Labute approximate surface area is 120 Å². The largest absolute Gasteiger partial charge is 0.494 e. The summed E-state index contributed by atoms with van der Waals surface area (Å²) in [6.07, 6.45) is 2.19. The zero-order valence-corrected chi connectivity index (χ0v) is 12.5. The van der Waals surface area contributed by atoms with Gasteiger partial charge in [0, 0.05) is 11.8 Å². The Hall–Kier alpha value is -1.55. The predicted octanol–water partition coefficient (Wildman–Crippen LogP) is 2.80. The summed E-state index contributed by atoms with van der Waals surface area (Å²) in [5.74, 6) is 0.810. The normalized spacial score (nSPS) is 21.2. The summed E-state index contributed by atoms with van der Waals surface area (Å²) in [6.45, 7) is 7.74. The van der Waals surface area contributed by atoms with Gasteiger partial charge in [0.05, 0.1) is 12.6 Å². The maximum Gasteiger partial charge on any atom is 0.242 e. The van der Waals surface area contributed by atoms with Crippen molar-refractivity contribution in [1.82, 2.24) is 5.32 Å². The minimum atomic E-state index is -0.146. The third-order valence-corrected chi connectivity index (χ3v) is 3.80. The van der Waals surface area contributed by atoms with Gasteiger partial charge in [0.25, 0.3) is 0 Å². The van der Waals surface area contributed by atoms with Crippen molar-refractivity contribution in [2.45, 2.75) is 39.7 Å². The minimum absolute atomic E-state index is 0.0140. The molecule has 20 heavy (non-hydrogen) atoms. The molecule has 0 radical (unpaired) electrons. The smallest absolute Gasteiger partial charge is 0.242 e. The molecule has 0 aliphatic carbocycles. The van der Waals surface area contributed by atoms with E-state index in [1.165, 1.54) is 0 Å². The van der Waals surface area contributed by atoms with Crippen molar-refractivity contribution in [3.63, 3.8) is 0 Å². The zero-order chi connectivity index (χ0) is 14.6. The van der Waals surface area contributed by atoms with Crippen LogP contribution in [0.25, 0.3) is 0 Å². The van der Waals surface area contributed by atoms with E-state index in [4.69, 9.17) is 4.74 Å². The molecule has 0 spiro atoms. The fraction of sp³-hybridized carbons (Fsp3) is 0.562. The molecule has 1 fully saturated rings.